The smallest absolute Gasteiger partial charge is 0.0207 e. The summed E-state index contributed by atoms with van der Waals surface area (Å²) in [5.74, 6) is 6.52. The molecule has 1 heteroatoms. The summed E-state index contributed by atoms with van der Waals surface area (Å²) in [4.78, 5) is 0.811. The zero-order chi connectivity index (χ0) is 17.7. The van der Waals surface area contributed by atoms with Crippen LogP contribution in [0.2, 0.25) is 0 Å². The fourth-order valence-electron chi connectivity index (χ4n) is 7.30. The molecule has 1 aromatic carbocycles. The lowest BCUT2D eigenvalue weighted by atomic mass is 9.62. The highest BCUT2D eigenvalue weighted by Crippen LogP contribution is 2.58. The lowest BCUT2D eigenvalue weighted by molar-refractivity contribution is 0.0827. The van der Waals surface area contributed by atoms with Gasteiger partial charge in [0, 0.05) is 10.7 Å². The largest absolute Gasteiger partial charge is 0.0884 e. The van der Waals surface area contributed by atoms with Gasteiger partial charge in [0.25, 0.3) is 0 Å². The van der Waals surface area contributed by atoms with Gasteiger partial charge in [-0.05, 0) is 78.7 Å². The molecule has 5 rings (SSSR count). The molecular weight excluding hydrogens is 380 g/mol. The predicted molar refractivity (Wildman–Crippen MR) is 114 cm³/mol. The van der Waals surface area contributed by atoms with Crippen LogP contribution in [0, 0.1) is 35.5 Å². The van der Waals surface area contributed by atoms with Crippen LogP contribution in [0.3, 0.4) is 0 Å². The molecule has 4 aliphatic carbocycles. The molecule has 3 saturated carbocycles. The minimum absolute atomic E-state index is 0.670. The third-order valence-corrected chi connectivity index (χ3v) is 9.91. The Morgan fingerprint density at radius 1 is 0.962 bits per heavy atom. The molecule has 26 heavy (non-hydrogen) atoms. The zero-order valence-electron chi connectivity index (χ0n) is 16.1. The molecule has 0 nitrogen and oxygen atoms in total. The van der Waals surface area contributed by atoms with Crippen molar-refractivity contribution in [2.24, 2.45) is 35.5 Å². The second-order valence-corrected chi connectivity index (χ2v) is 10.8. The van der Waals surface area contributed by atoms with Gasteiger partial charge in [-0.2, -0.15) is 0 Å². The van der Waals surface area contributed by atoms with Crippen molar-refractivity contribution in [3.63, 3.8) is 0 Å². The molecule has 0 radical (unpaired) electrons. The third kappa shape index (κ3) is 2.93. The molecule has 0 N–H and O–H groups in total. The maximum absolute atomic E-state index is 4.22. The molecular formula is C25H33Br. The zero-order valence-corrected chi connectivity index (χ0v) is 17.7. The van der Waals surface area contributed by atoms with Gasteiger partial charge >= 0.3 is 0 Å². The Morgan fingerprint density at radius 2 is 1.81 bits per heavy atom. The van der Waals surface area contributed by atoms with Gasteiger partial charge in [0.15, 0.2) is 0 Å². The van der Waals surface area contributed by atoms with Crippen LogP contribution in [0.1, 0.15) is 75.3 Å². The number of alkyl halides is 1. The summed E-state index contributed by atoms with van der Waals surface area (Å²) in [7, 11) is 0. The first kappa shape index (κ1) is 17.5. The molecule has 0 saturated heterocycles. The summed E-state index contributed by atoms with van der Waals surface area (Å²) in [6.07, 6.45) is 16.6. The highest BCUT2D eigenvalue weighted by molar-refractivity contribution is 9.09. The van der Waals surface area contributed by atoms with E-state index in [9.17, 15) is 0 Å². The van der Waals surface area contributed by atoms with E-state index < -0.39 is 0 Å². The first-order chi connectivity index (χ1) is 12.7. The maximum atomic E-state index is 4.22. The van der Waals surface area contributed by atoms with E-state index in [2.05, 4.69) is 59.3 Å². The Labute approximate surface area is 168 Å². The molecule has 8 unspecified atom stereocenters. The normalized spacial score (nSPS) is 43.8. The van der Waals surface area contributed by atoms with E-state index in [0.29, 0.717) is 5.92 Å². The van der Waals surface area contributed by atoms with E-state index in [1.54, 1.807) is 12.0 Å². The SMILES string of the molecule is CC1CC2C(Br)C3CCCCC3CC2C1CCC1C=Cc2ccccc21. The van der Waals surface area contributed by atoms with E-state index in [0.717, 1.165) is 40.3 Å². The Hall–Kier alpha value is -0.560. The molecule has 0 spiro atoms. The number of halogens is 1. The van der Waals surface area contributed by atoms with Crippen molar-refractivity contribution in [1.29, 1.82) is 0 Å². The summed E-state index contributed by atoms with van der Waals surface area (Å²) in [6, 6.07) is 9.02. The van der Waals surface area contributed by atoms with Crippen LogP contribution in [0.4, 0.5) is 0 Å². The van der Waals surface area contributed by atoms with Crippen molar-refractivity contribution in [2.45, 2.75) is 69.0 Å². The van der Waals surface area contributed by atoms with Crippen molar-refractivity contribution in [1.82, 2.24) is 0 Å². The van der Waals surface area contributed by atoms with Gasteiger partial charge in [-0.1, -0.05) is 78.5 Å². The second kappa shape index (κ2) is 7.12. The summed E-state index contributed by atoms with van der Waals surface area (Å²) >= 11 is 4.22. The fraction of sp³-hybridized carbons (Fsp3) is 0.680. The van der Waals surface area contributed by atoms with Gasteiger partial charge in [0.2, 0.25) is 0 Å². The van der Waals surface area contributed by atoms with Crippen molar-refractivity contribution in [3.8, 4) is 0 Å². The molecule has 0 bridgehead atoms. The van der Waals surface area contributed by atoms with Gasteiger partial charge in [0.05, 0.1) is 0 Å². The van der Waals surface area contributed by atoms with E-state index in [1.165, 1.54) is 50.5 Å². The van der Waals surface area contributed by atoms with E-state index in [-0.39, 0.29) is 0 Å². The van der Waals surface area contributed by atoms with Crippen LogP contribution < -0.4 is 0 Å². The van der Waals surface area contributed by atoms with Crippen molar-refractivity contribution < 1.29 is 0 Å². The number of allylic oxidation sites excluding steroid dienone is 1. The van der Waals surface area contributed by atoms with Crippen LogP contribution in [0.15, 0.2) is 30.3 Å². The van der Waals surface area contributed by atoms with Gasteiger partial charge in [0.1, 0.15) is 0 Å². The van der Waals surface area contributed by atoms with E-state index in [4.69, 9.17) is 0 Å². The minimum Gasteiger partial charge on any atom is -0.0884 e. The van der Waals surface area contributed by atoms with Crippen molar-refractivity contribution in [3.05, 3.63) is 41.5 Å². The molecule has 0 aliphatic heterocycles. The van der Waals surface area contributed by atoms with Gasteiger partial charge in [-0.3, -0.25) is 0 Å². The number of fused-ring (bicyclic) bond motifs is 3. The summed E-state index contributed by atoms with van der Waals surface area (Å²) in [6.45, 7) is 2.56. The highest BCUT2D eigenvalue weighted by atomic mass is 79.9. The Kier molecular flexibility index (Phi) is 4.80. The Bertz CT molecular complexity index is 676. The van der Waals surface area contributed by atoms with Crippen molar-refractivity contribution >= 4 is 22.0 Å². The highest BCUT2D eigenvalue weighted by Gasteiger charge is 2.51. The first-order valence-corrected chi connectivity index (χ1v) is 12.0. The molecule has 0 aromatic heterocycles. The number of hydrogen-bond donors (Lipinski definition) is 0. The second-order valence-electron chi connectivity index (χ2n) is 9.76. The van der Waals surface area contributed by atoms with E-state index >= 15 is 0 Å². The molecule has 0 heterocycles. The van der Waals surface area contributed by atoms with Gasteiger partial charge in [-0.25, -0.2) is 0 Å². The average Bonchev–Trinajstić information content (AvgIpc) is 3.21. The Morgan fingerprint density at radius 3 is 2.73 bits per heavy atom. The molecule has 1 aromatic rings. The van der Waals surface area contributed by atoms with Crippen LogP contribution in [0.25, 0.3) is 6.08 Å². The van der Waals surface area contributed by atoms with Gasteiger partial charge < -0.3 is 0 Å². The number of rotatable bonds is 3. The molecule has 140 valence electrons. The van der Waals surface area contributed by atoms with Crippen LogP contribution in [-0.2, 0) is 0 Å². The Balaban J connectivity index is 1.29. The summed E-state index contributed by atoms with van der Waals surface area (Å²) in [5, 5.41) is 0. The minimum atomic E-state index is 0.670. The predicted octanol–water partition coefficient (Wildman–Crippen LogP) is 7.44. The standard InChI is InChI=1S/C25H33Br/c1-16-14-24-23(15-19-7-3-5-9-22(19)25(24)26)20(16)13-12-18-11-10-17-6-2-4-8-21(17)18/h2,4,6,8,10-11,16,18-20,22-25H,3,5,7,9,12-15H2,1H3. The van der Waals surface area contributed by atoms with Crippen LogP contribution in [0.5, 0.6) is 0 Å². The molecule has 4 aliphatic rings. The quantitative estimate of drug-likeness (QED) is 0.452. The van der Waals surface area contributed by atoms with Crippen molar-refractivity contribution in [2.75, 3.05) is 0 Å². The molecule has 3 fully saturated rings. The van der Waals surface area contributed by atoms with E-state index in [1.807, 2.05) is 0 Å². The van der Waals surface area contributed by atoms with Crippen LogP contribution in [-0.4, -0.2) is 4.83 Å². The number of benzene rings is 1. The molecule has 0 amide bonds. The first-order valence-electron chi connectivity index (χ1n) is 11.1. The lowest BCUT2D eigenvalue weighted by Gasteiger charge is -2.46. The average molecular weight is 413 g/mol. The lowest BCUT2D eigenvalue weighted by Crippen LogP contribution is -2.41. The maximum Gasteiger partial charge on any atom is 0.0207 e. The topological polar surface area (TPSA) is 0 Å². The fourth-order valence-corrected chi connectivity index (χ4v) is 8.60. The van der Waals surface area contributed by atoms with Gasteiger partial charge in [-0.15, -0.1) is 0 Å². The molecule has 8 atom stereocenters. The monoisotopic (exact) mass is 412 g/mol. The summed E-state index contributed by atoms with van der Waals surface area (Å²) < 4.78 is 0. The third-order valence-electron chi connectivity index (χ3n) is 8.55. The number of hydrogen-bond acceptors (Lipinski definition) is 0. The summed E-state index contributed by atoms with van der Waals surface area (Å²) in [5.41, 5.74) is 3.03. The van der Waals surface area contributed by atoms with Crippen LogP contribution >= 0.6 is 15.9 Å².